The predicted octanol–water partition coefficient (Wildman–Crippen LogP) is 7.14. The number of hydrogen-bond donors (Lipinski definition) is 3. The average Bonchev–Trinajstić information content (AvgIpc) is 3.97. The number of piperidine rings is 2. The van der Waals surface area contributed by atoms with Gasteiger partial charge in [-0.15, -0.1) is 0 Å². The number of aromatic nitrogens is 4. The molecule has 2 aliphatic heterocycles. The van der Waals surface area contributed by atoms with Crippen LogP contribution in [0.15, 0.2) is 58.5 Å². The number of benzene rings is 2. The van der Waals surface area contributed by atoms with Crippen LogP contribution in [0, 0.1) is 11.3 Å². The second kappa shape index (κ2) is 15.4. The highest BCUT2D eigenvalue weighted by atomic mass is 79.9. The van der Waals surface area contributed by atoms with E-state index in [1.54, 1.807) is 38.9 Å². The third-order valence-corrected chi connectivity index (χ3v) is 12.6. The van der Waals surface area contributed by atoms with Crippen molar-refractivity contribution in [2.45, 2.75) is 38.5 Å². The summed E-state index contributed by atoms with van der Waals surface area (Å²) in [5.41, 5.74) is 13.0. The van der Waals surface area contributed by atoms with Crippen molar-refractivity contribution in [3.05, 3.63) is 59.1 Å². The second-order valence-corrected chi connectivity index (χ2v) is 17.3. The van der Waals surface area contributed by atoms with Gasteiger partial charge in [-0.2, -0.15) is 4.98 Å². The van der Waals surface area contributed by atoms with Crippen molar-refractivity contribution in [3.8, 4) is 5.75 Å². The molecular formula is C38H48BrN10OP. The van der Waals surface area contributed by atoms with Crippen LogP contribution in [0.1, 0.15) is 44.1 Å². The molecule has 7 rings (SSSR count). The molecule has 2 aromatic carbocycles. The number of nitrogens with two attached hydrogens (primary N) is 1. The van der Waals surface area contributed by atoms with E-state index in [-0.39, 0.29) is 0 Å². The fourth-order valence-corrected chi connectivity index (χ4v) is 9.10. The second-order valence-electron chi connectivity index (χ2n) is 14.2. The molecule has 3 aliphatic rings. The number of allylic oxidation sites excluding steroid dienone is 1. The zero-order valence-corrected chi connectivity index (χ0v) is 32.5. The van der Waals surface area contributed by atoms with Crippen molar-refractivity contribution in [2.24, 2.45) is 22.1 Å². The quantitative estimate of drug-likeness (QED) is 0.107. The van der Waals surface area contributed by atoms with Crippen molar-refractivity contribution in [1.82, 2.24) is 24.8 Å². The van der Waals surface area contributed by atoms with E-state index in [2.05, 4.69) is 81.8 Å². The number of methoxy groups -OCH3 is 1. The van der Waals surface area contributed by atoms with E-state index in [0.29, 0.717) is 22.9 Å². The molecule has 0 atom stereocenters. The molecular weight excluding hydrogens is 723 g/mol. The molecule has 0 amide bonds. The predicted molar refractivity (Wildman–Crippen MR) is 216 cm³/mol. The van der Waals surface area contributed by atoms with Crippen molar-refractivity contribution >= 4 is 80.8 Å². The van der Waals surface area contributed by atoms with E-state index < -0.39 is 7.92 Å². The first-order valence-electron chi connectivity index (χ1n) is 17.8. The van der Waals surface area contributed by atoms with Gasteiger partial charge < -0.3 is 30.9 Å². The fraction of sp³-hybridized carbons (Fsp3) is 0.447. The average molecular weight is 772 g/mol. The molecule has 1 aliphatic carbocycles. The van der Waals surface area contributed by atoms with Gasteiger partial charge in [-0.05, 0) is 110 Å². The summed E-state index contributed by atoms with van der Waals surface area (Å²) in [5, 5.41) is 8.12. The zero-order chi connectivity index (χ0) is 35.5. The number of nitrogens with zero attached hydrogens (tertiary/aromatic N) is 7. The van der Waals surface area contributed by atoms with Gasteiger partial charge in [0.15, 0.2) is 0 Å². The van der Waals surface area contributed by atoms with E-state index in [1.165, 1.54) is 58.2 Å². The summed E-state index contributed by atoms with van der Waals surface area (Å²) in [4.78, 5) is 28.2. The number of hydrogen-bond acceptors (Lipinski definition) is 11. The number of nitrogens with one attached hydrogen (secondary N) is 2. The highest BCUT2D eigenvalue weighted by Gasteiger charge is 2.39. The van der Waals surface area contributed by atoms with Crippen LogP contribution in [0.4, 0.5) is 28.8 Å². The molecule has 4 aromatic rings. The molecule has 2 aromatic heterocycles. The van der Waals surface area contributed by atoms with Crippen molar-refractivity contribution in [3.63, 3.8) is 0 Å². The minimum atomic E-state index is -0.497. The van der Waals surface area contributed by atoms with E-state index in [4.69, 9.17) is 15.5 Å². The molecule has 3 fully saturated rings. The number of likely N-dealkylation sites (tertiary alicyclic amines) is 1. The maximum atomic E-state index is 6.23. The number of anilines is 5. The maximum absolute atomic E-state index is 6.23. The van der Waals surface area contributed by atoms with Crippen LogP contribution in [-0.4, -0.2) is 91.3 Å². The molecule has 1 spiro atoms. The Morgan fingerprint density at radius 3 is 2.47 bits per heavy atom. The van der Waals surface area contributed by atoms with Crippen LogP contribution in [-0.2, 0) is 0 Å². The van der Waals surface area contributed by atoms with Gasteiger partial charge in [0.25, 0.3) is 0 Å². The molecule has 0 bridgehead atoms. The lowest BCUT2D eigenvalue weighted by Gasteiger charge is -2.48. The number of fused-ring (bicyclic) bond motifs is 1. The zero-order valence-electron chi connectivity index (χ0n) is 30.0. The summed E-state index contributed by atoms with van der Waals surface area (Å²) < 4.78 is 6.74. The van der Waals surface area contributed by atoms with Gasteiger partial charge in [0, 0.05) is 91.6 Å². The molecule has 0 radical (unpaired) electrons. The van der Waals surface area contributed by atoms with Gasteiger partial charge in [0.05, 0.1) is 28.3 Å². The molecule has 2 saturated heterocycles. The monoisotopic (exact) mass is 770 g/mol. The van der Waals surface area contributed by atoms with Crippen LogP contribution in [0.3, 0.4) is 0 Å². The highest BCUT2D eigenvalue weighted by molar-refractivity contribution is 9.10. The van der Waals surface area contributed by atoms with Gasteiger partial charge >= 0.3 is 0 Å². The summed E-state index contributed by atoms with van der Waals surface area (Å²) in [6, 6.07) is 8.22. The first kappa shape index (κ1) is 35.5. The number of ether oxygens (including phenoxy) is 1. The Labute approximate surface area is 310 Å². The van der Waals surface area contributed by atoms with Gasteiger partial charge in [0.1, 0.15) is 11.6 Å². The Bertz CT molecular complexity index is 1930. The minimum absolute atomic E-state index is 0.422. The molecule has 11 nitrogen and oxygen atoms in total. The largest absolute Gasteiger partial charge is 0.494 e. The van der Waals surface area contributed by atoms with Crippen LogP contribution < -0.4 is 31.3 Å². The molecule has 51 heavy (non-hydrogen) atoms. The van der Waals surface area contributed by atoms with Crippen LogP contribution in [0.25, 0.3) is 16.6 Å². The normalized spacial score (nSPS) is 18.2. The Morgan fingerprint density at radius 2 is 1.78 bits per heavy atom. The first-order chi connectivity index (χ1) is 24.8. The SMILES string of the molecule is CN=CC(=CN)c1cc(Nc2ncc(Br)c(Nc3ccc4nccnc4c3P(C)C)n2)c(OC)cc1N1CCC2(CCN(CC3CC3)CC2)CC1. The van der Waals surface area contributed by atoms with E-state index in [1.807, 2.05) is 18.3 Å². The Morgan fingerprint density at radius 1 is 1.04 bits per heavy atom. The molecule has 4 N–H and O–H groups in total. The Hall–Kier alpha value is -3.86. The number of halogens is 1. The van der Waals surface area contributed by atoms with Gasteiger partial charge in [-0.25, -0.2) is 4.98 Å². The lowest BCUT2D eigenvalue weighted by Crippen LogP contribution is -2.47. The van der Waals surface area contributed by atoms with Crippen molar-refractivity contribution in [1.29, 1.82) is 0 Å². The van der Waals surface area contributed by atoms with Crippen LogP contribution >= 0.6 is 23.9 Å². The summed E-state index contributed by atoms with van der Waals surface area (Å²) in [6.07, 6.45) is 16.5. The number of rotatable bonds is 11. The standard InChI is InChI=1S/C38H48BrN10OP/c1-41-22-26(21-40)27-19-31(33(50-2)20-32(27)49-17-11-38(12-18-49)9-15-48(16-10-38)24-25-5-6-25)46-37-44-23-28(39)36(47-37)45-30-8-7-29-34(35(30)51(3)4)43-14-13-42-29/h7-8,13-14,19-23,25H,5-6,9-12,15-18,24,40H2,1-4H3,(H2,44,45,46,47). The topological polar surface area (TPSA) is 130 Å². The lowest BCUT2D eigenvalue weighted by molar-refractivity contribution is 0.0773. The summed E-state index contributed by atoms with van der Waals surface area (Å²) >= 11 is 3.66. The summed E-state index contributed by atoms with van der Waals surface area (Å²) in [6.45, 7) is 10.2. The van der Waals surface area contributed by atoms with E-state index in [9.17, 15) is 0 Å². The third-order valence-electron chi connectivity index (χ3n) is 10.7. The van der Waals surface area contributed by atoms with Crippen LogP contribution in [0.2, 0.25) is 0 Å². The summed E-state index contributed by atoms with van der Waals surface area (Å²) in [5.74, 6) is 2.71. The van der Waals surface area contributed by atoms with Crippen molar-refractivity contribution < 1.29 is 4.74 Å². The van der Waals surface area contributed by atoms with Gasteiger partial charge in [0.2, 0.25) is 5.95 Å². The first-order valence-corrected chi connectivity index (χ1v) is 20.8. The molecule has 268 valence electrons. The molecule has 0 unspecified atom stereocenters. The van der Waals surface area contributed by atoms with Gasteiger partial charge in [-0.1, -0.05) is 7.92 Å². The highest BCUT2D eigenvalue weighted by Crippen LogP contribution is 2.45. The third kappa shape index (κ3) is 7.83. The maximum Gasteiger partial charge on any atom is 0.229 e. The van der Waals surface area contributed by atoms with Gasteiger partial charge in [-0.3, -0.25) is 15.0 Å². The molecule has 1 saturated carbocycles. The molecule has 4 heterocycles. The smallest absolute Gasteiger partial charge is 0.229 e. The Balaban J connectivity index is 1.15. The minimum Gasteiger partial charge on any atom is -0.494 e. The lowest BCUT2D eigenvalue weighted by atomic mass is 9.71. The molecule has 13 heteroatoms. The van der Waals surface area contributed by atoms with Crippen LogP contribution in [0.5, 0.6) is 5.75 Å². The van der Waals surface area contributed by atoms with E-state index in [0.717, 1.165) is 68.0 Å². The Kier molecular flexibility index (Phi) is 10.7. The van der Waals surface area contributed by atoms with E-state index >= 15 is 0 Å². The van der Waals surface area contributed by atoms with Crippen molar-refractivity contribution in [2.75, 3.05) is 75.7 Å². The number of aliphatic imine (C=N–C) groups is 1. The summed E-state index contributed by atoms with van der Waals surface area (Å²) in [7, 11) is 2.97. The fourth-order valence-electron chi connectivity index (χ4n) is 7.61.